The van der Waals surface area contributed by atoms with E-state index in [4.69, 9.17) is 14.2 Å². The van der Waals surface area contributed by atoms with Crippen molar-refractivity contribution in [1.29, 1.82) is 0 Å². The molecule has 8 atom stereocenters. The first-order chi connectivity index (χ1) is 41.2. The number of hydrogen-bond acceptors (Lipinski definition) is 10. The van der Waals surface area contributed by atoms with Crippen molar-refractivity contribution in [2.24, 2.45) is 0 Å². The zero-order valence-corrected chi connectivity index (χ0v) is 54.5. The SMILES string of the molecule is CCCCC/C=C\C/C=C\C/C=C\C/C=C\CCCCCCCCCC(=O)OC1C(OCC(NC(=O)C(O)CCCCCCCCCCCCCCCCCCCCCC)C(O)/C=C/CCCCCCCCCCCC)OC(CO)C(O)C1O. The summed E-state index contributed by atoms with van der Waals surface area (Å²) >= 11 is 0. The fourth-order valence-corrected chi connectivity index (χ4v) is 11.0. The van der Waals surface area contributed by atoms with Gasteiger partial charge in [-0.25, -0.2) is 0 Å². The van der Waals surface area contributed by atoms with Crippen molar-refractivity contribution in [3.63, 3.8) is 0 Å². The molecule has 0 aromatic heterocycles. The molecule has 490 valence electrons. The van der Waals surface area contributed by atoms with Crippen LogP contribution in [-0.4, -0.2) is 99.6 Å². The zero-order valence-electron chi connectivity index (χ0n) is 54.5. The number of carbonyl (C=O) groups is 2. The number of aliphatic hydroxyl groups excluding tert-OH is 5. The molecule has 0 aromatic rings. The maximum absolute atomic E-state index is 13.5. The van der Waals surface area contributed by atoms with E-state index in [0.717, 1.165) is 103 Å². The molecule has 84 heavy (non-hydrogen) atoms. The van der Waals surface area contributed by atoms with Crippen molar-refractivity contribution >= 4 is 11.9 Å². The van der Waals surface area contributed by atoms with Crippen molar-refractivity contribution in [2.45, 2.75) is 378 Å². The Kier molecular flexibility index (Phi) is 57.3. The minimum atomic E-state index is -1.62. The number of unbranched alkanes of at least 4 members (excludes halogenated alkanes) is 39. The summed E-state index contributed by atoms with van der Waals surface area (Å²) in [7, 11) is 0. The standard InChI is InChI=1S/C73H133NO10/c1-4-7-10-13-16-19-22-25-27-29-31-33-34-35-37-39-41-43-46-49-52-55-58-61-68(78)84-71-70(80)69(79)67(62-75)83-73(71)82-63-64(65(76)59-56-53-50-47-44-24-21-18-15-12-9-6-3)74-72(81)66(77)60-57-54-51-48-45-42-40-38-36-32-30-28-26-23-20-17-14-11-8-5-2/h16,19,25,27,31,33,35,37,56,59,64-67,69-71,73,75-77,79-80H,4-15,17-18,20-24,26,28-30,32,34,36,38-55,57-58,60-63H2,1-3H3,(H,74,81)/b19-16-,27-25-,33-31-,37-35-,59-56+. The van der Waals surface area contributed by atoms with Crippen molar-refractivity contribution in [3.05, 3.63) is 60.8 Å². The highest BCUT2D eigenvalue weighted by Crippen LogP contribution is 2.26. The van der Waals surface area contributed by atoms with Crippen LogP contribution in [0.3, 0.4) is 0 Å². The van der Waals surface area contributed by atoms with Crippen LogP contribution < -0.4 is 5.32 Å². The van der Waals surface area contributed by atoms with E-state index < -0.39 is 67.4 Å². The Labute approximate surface area is 516 Å². The van der Waals surface area contributed by atoms with Crippen LogP contribution in [0.1, 0.15) is 329 Å². The number of allylic oxidation sites excluding steroid dienone is 9. The Hall–Kier alpha value is -2.64. The van der Waals surface area contributed by atoms with Crippen molar-refractivity contribution < 1.29 is 49.3 Å². The lowest BCUT2D eigenvalue weighted by Crippen LogP contribution is -2.61. The van der Waals surface area contributed by atoms with Gasteiger partial charge in [0.2, 0.25) is 5.91 Å². The summed E-state index contributed by atoms with van der Waals surface area (Å²) in [5, 5.41) is 57.2. The van der Waals surface area contributed by atoms with E-state index in [0.29, 0.717) is 19.3 Å². The highest BCUT2D eigenvalue weighted by molar-refractivity contribution is 5.80. The molecule has 11 nitrogen and oxygen atoms in total. The summed E-state index contributed by atoms with van der Waals surface area (Å²) in [6, 6.07) is -1.03. The van der Waals surface area contributed by atoms with Crippen LogP contribution in [0.2, 0.25) is 0 Å². The van der Waals surface area contributed by atoms with Crippen LogP contribution in [0.15, 0.2) is 60.8 Å². The van der Waals surface area contributed by atoms with E-state index in [1.54, 1.807) is 6.08 Å². The van der Waals surface area contributed by atoms with Gasteiger partial charge in [0.1, 0.15) is 24.4 Å². The van der Waals surface area contributed by atoms with Gasteiger partial charge >= 0.3 is 5.97 Å². The molecule has 1 saturated heterocycles. The van der Waals surface area contributed by atoms with E-state index >= 15 is 0 Å². The van der Waals surface area contributed by atoms with Gasteiger partial charge in [-0.3, -0.25) is 9.59 Å². The lowest BCUT2D eigenvalue weighted by molar-refractivity contribution is -0.305. The van der Waals surface area contributed by atoms with Crippen LogP contribution in [0.4, 0.5) is 0 Å². The molecular formula is C73H133NO10. The Morgan fingerprint density at radius 1 is 0.464 bits per heavy atom. The summed E-state index contributed by atoms with van der Waals surface area (Å²) in [6.07, 6.45) is 66.8. The van der Waals surface area contributed by atoms with E-state index in [1.165, 1.54) is 180 Å². The summed E-state index contributed by atoms with van der Waals surface area (Å²) in [5.74, 6) is -1.19. The van der Waals surface area contributed by atoms with Crippen LogP contribution in [0.25, 0.3) is 0 Å². The molecular weight excluding hydrogens is 1050 g/mol. The van der Waals surface area contributed by atoms with E-state index in [-0.39, 0.29) is 13.0 Å². The number of esters is 1. The molecule has 1 fully saturated rings. The average Bonchev–Trinajstić information content (AvgIpc) is 3.65. The van der Waals surface area contributed by atoms with Gasteiger partial charge < -0.3 is 45.1 Å². The fourth-order valence-electron chi connectivity index (χ4n) is 11.0. The van der Waals surface area contributed by atoms with E-state index in [9.17, 15) is 35.1 Å². The van der Waals surface area contributed by atoms with Crippen LogP contribution in [0, 0.1) is 0 Å². The predicted molar refractivity (Wildman–Crippen MR) is 352 cm³/mol. The second-order valence-electron chi connectivity index (χ2n) is 24.6. The van der Waals surface area contributed by atoms with Crippen molar-refractivity contribution in [3.8, 4) is 0 Å². The first-order valence-corrected chi connectivity index (χ1v) is 35.6. The van der Waals surface area contributed by atoms with Gasteiger partial charge in [0.15, 0.2) is 12.4 Å². The highest BCUT2D eigenvalue weighted by Gasteiger charge is 2.47. The number of hydrogen-bond donors (Lipinski definition) is 6. The number of carbonyl (C=O) groups excluding carboxylic acids is 2. The van der Waals surface area contributed by atoms with Gasteiger partial charge in [-0.05, 0) is 70.6 Å². The van der Waals surface area contributed by atoms with Gasteiger partial charge in [0.05, 0.1) is 25.4 Å². The van der Waals surface area contributed by atoms with Crippen molar-refractivity contribution in [1.82, 2.24) is 5.32 Å². The summed E-state index contributed by atoms with van der Waals surface area (Å²) in [4.78, 5) is 26.7. The zero-order chi connectivity index (χ0) is 61.0. The van der Waals surface area contributed by atoms with Gasteiger partial charge in [0.25, 0.3) is 0 Å². The summed E-state index contributed by atoms with van der Waals surface area (Å²) in [5.41, 5.74) is 0. The minimum absolute atomic E-state index is 0.111. The molecule has 0 radical (unpaired) electrons. The minimum Gasteiger partial charge on any atom is -0.454 e. The summed E-state index contributed by atoms with van der Waals surface area (Å²) < 4.78 is 17.7. The molecule has 8 unspecified atom stereocenters. The molecule has 1 heterocycles. The van der Waals surface area contributed by atoms with Gasteiger partial charge in [-0.2, -0.15) is 0 Å². The molecule has 11 heteroatoms. The molecule has 0 spiro atoms. The molecule has 0 aromatic carbocycles. The van der Waals surface area contributed by atoms with Crippen molar-refractivity contribution in [2.75, 3.05) is 13.2 Å². The Balaban J connectivity index is 2.59. The Bertz CT molecular complexity index is 1600. The number of amides is 1. The Morgan fingerprint density at radius 3 is 1.25 bits per heavy atom. The predicted octanol–water partition coefficient (Wildman–Crippen LogP) is 18.1. The first-order valence-electron chi connectivity index (χ1n) is 35.6. The first kappa shape index (κ1) is 79.4. The lowest BCUT2D eigenvalue weighted by atomic mass is 9.99. The second-order valence-corrected chi connectivity index (χ2v) is 24.6. The normalized spacial score (nSPS) is 18.8. The molecule has 1 amide bonds. The summed E-state index contributed by atoms with van der Waals surface area (Å²) in [6.45, 7) is 5.80. The molecule has 1 rings (SSSR count). The largest absolute Gasteiger partial charge is 0.454 e. The lowest BCUT2D eigenvalue weighted by Gasteiger charge is -2.41. The quantitative estimate of drug-likeness (QED) is 0.0195. The third-order valence-corrected chi connectivity index (χ3v) is 16.7. The highest BCUT2D eigenvalue weighted by atomic mass is 16.7. The average molecular weight is 1180 g/mol. The van der Waals surface area contributed by atoms with Crippen LogP contribution >= 0.6 is 0 Å². The van der Waals surface area contributed by atoms with E-state index in [1.807, 2.05) is 6.08 Å². The topological polar surface area (TPSA) is 175 Å². The monoisotopic (exact) mass is 1180 g/mol. The van der Waals surface area contributed by atoms with Gasteiger partial charge in [-0.15, -0.1) is 0 Å². The van der Waals surface area contributed by atoms with E-state index in [2.05, 4.69) is 74.7 Å². The Morgan fingerprint density at radius 2 is 0.821 bits per heavy atom. The van der Waals surface area contributed by atoms with Crippen LogP contribution in [-0.2, 0) is 23.8 Å². The maximum Gasteiger partial charge on any atom is 0.306 e. The smallest absolute Gasteiger partial charge is 0.306 e. The molecule has 1 aliphatic rings. The number of aliphatic hydroxyl groups is 5. The third kappa shape index (κ3) is 47.4. The molecule has 0 bridgehead atoms. The number of rotatable bonds is 61. The molecule has 0 aliphatic carbocycles. The molecule has 0 saturated carbocycles. The molecule has 6 N–H and O–H groups in total. The van der Waals surface area contributed by atoms with Gasteiger partial charge in [-0.1, -0.05) is 313 Å². The fraction of sp³-hybridized carbons (Fsp3) is 0.836. The second kappa shape index (κ2) is 60.6. The number of ether oxygens (including phenoxy) is 3. The molecule has 1 aliphatic heterocycles. The third-order valence-electron chi connectivity index (χ3n) is 16.7. The van der Waals surface area contributed by atoms with Crippen LogP contribution in [0.5, 0.6) is 0 Å². The maximum atomic E-state index is 13.5. The number of nitrogens with one attached hydrogen (secondary N) is 1. The van der Waals surface area contributed by atoms with Gasteiger partial charge in [0, 0.05) is 6.42 Å².